The minimum Gasteiger partial charge on any atom is -0.354 e. The number of nitrogens with zero attached hydrogens (tertiary/aromatic N) is 3. The van der Waals surface area contributed by atoms with E-state index in [1.807, 2.05) is 63.6 Å². The first-order chi connectivity index (χ1) is 10.3. The van der Waals surface area contributed by atoms with Crippen molar-refractivity contribution in [2.75, 3.05) is 6.54 Å². The van der Waals surface area contributed by atoms with E-state index in [1.54, 1.807) is 0 Å². The molecule has 0 aliphatic carbocycles. The van der Waals surface area contributed by atoms with Gasteiger partial charge in [-0.1, -0.05) is 0 Å². The van der Waals surface area contributed by atoms with Gasteiger partial charge in [0.05, 0.1) is 12.1 Å². The molecule has 0 bridgehead atoms. The number of nitrogens with one attached hydrogen (secondary N) is 1. The lowest BCUT2D eigenvalue weighted by Gasteiger charge is -2.05. The molecular weight excluding hydrogens is 284 g/mol. The lowest BCUT2D eigenvalue weighted by Crippen LogP contribution is -2.28. The summed E-state index contributed by atoms with van der Waals surface area (Å²) in [6.45, 7) is 1.41. The highest BCUT2D eigenvalue weighted by atomic mass is 32.1. The van der Waals surface area contributed by atoms with Crippen LogP contribution in [0.25, 0.3) is 5.13 Å². The van der Waals surface area contributed by atoms with Crippen LogP contribution in [0.15, 0.2) is 54.4 Å². The van der Waals surface area contributed by atoms with Gasteiger partial charge in [-0.05, 0) is 24.3 Å². The highest BCUT2D eigenvalue weighted by molar-refractivity contribution is 7.12. The van der Waals surface area contributed by atoms with Crippen LogP contribution in [-0.4, -0.2) is 26.6 Å². The Morgan fingerprint density at radius 3 is 2.62 bits per heavy atom. The zero-order valence-electron chi connectivity index (χ0n) is 11.5. The summed E-state index contributed by atoms with van der Waals surface area (Å²) in [6, 6.07) is 7.85. The van der Waals surface area contributed by atoms with Crippen molar-refractivity contribution in [2.45, 2.75) is 13.0 Å². The third-order valence-corrected chi connectivity index (χ3v) is 3.97. The number of hydrogen-bond donors (Lipinski definition) is 1. The number of carbonyl (C=O) groups excluding carboxylic acids is 1. The van der Waals surface area contributed by atoms with E-state index in [-0.39, 0.29) is 5.91 Å². The molecule has 0 radical (unpaired) electrons. The quantitative estimate of drug-likeness (QED) is 0.758. The molecule has 0 aromatic carbocycles. The molecule has 3 heterocycles. The van der Waals surface area contributed by atoms with Crippen molar-refractivity contribution in [1.29, 1.82) is 0 Å². The largest absolute Gasteiger partial charge is 0.354 e. The van der Waals surface area contributed by atoms with Crippen LogP contribution in [0, 0.1) is 0 Å². The van der Waals surface area contributed by atoms with Crippen LogP contribution in [0.1, 0.15) is 5.69 Å². The lowest BCUT2D eigenvalue weighted by molar-refractivity contribution is -0.120. The summed E-state index contributed by atoms with van der Waals surface area (Å²) in [5, 5.41) is 5.73. The fourth-order valence-corrected chi connectivity index (χ4v) is 2.82. The summed E-state index contributed by atoms with van der Waals surface area (Å²) in [5.74, 6) is 0.00603. The highest BCUT2D eigenvalue weighted by Crippen LogP contribution is 2.15. The molecule has 0 saturated carbocycles. The number of carbonyl (C=O) groups is 1. The van der Waals surface area contributed by atoms with E-state index in [0.29, 0.717) is 13.0 Å². The monoisotopic (exact) mass is 300 g/mol. The van der Waals surface area contributed by atoms with Crippen LogP contribution in [0.4, 0.5) is 0 Å². The summed E-state index contributed by atoms with van der Waals surface area (Å²) in [6.07, 6.45) is 8.18. The maximum atomic E-state index is 11.9. The van der Waals surface area contributed by atoms with Crippen molar-refractivity contribution in [2.24, 2.45) is 0 Å². The van der Waals surface area contributed by atoms with Crippen LogP contribution in [0.5, 0.6) is 0 Å². The zero-order valence-corrected chi connectivity index (χ0v) is 12.3. The van der Waals surface area contributed by atoms with Crippen molar-refractivity contribution < 1.29 is 4.79 Å². The lowest BCUT2D eigenvalue weighted by atomic mass is 10.3. The molecule has 0 spiro atoms. The molecule has 0 unspecified atom stereocenters. The smallest absolute Gasteiger partial charge is 0.226 e. The third kappa shape index (κ3) is 3.61. The average Bonchev–Trinajstić information content (AvgIpc) is 3.21. The second-order valence-corrected chi connectivity index (χ2v) is 5.50. The Kier molecular flexibility index (Phi) is 4.16. The number of hydrogen-bond acceptors (Lipinski definition) is 3. The normalized spacial score (nSPS) is 10.7. The van der Waals surface area contributed by atoms with Crippen molar-refractivity contribution in [1.82, 2.24) is 19.4 Å². The maximum absolute atomic E-state index is 11.9. The summed E-state index contributed by atoms with van der Waals surface area (Å²) >= 11 is 1.54. The van der Waals surface area contributed by atoms with Crippen LogP contribution < -0.4 is 5.32 Å². The van der Waals surface area contributed by atoms with Crippen LogP contribution in [-0.2, 0) is 17.8 Å². The van der Waals surface area contributed by atoms with E-state index in [4.69, 9.17) is 0 Å². The molecular formula is C15H16N4OS. The van der Waals surface area contributed by atoms with Crippen molar-refractivity contribution >= 4 is 17.2 Å². The zero-order chi connectivity index (χ0) is 14.5. The fraction of sp³-hybridized carbons (Fsp3) is 0.200. The topological polar surface area (TPSA) is 51.9 Å². The first-order valence-electron chi connectivity index (χ1n) is 6.76. The van der Waals surface area contributed by atoms with Gasteiger partial charge < -0.3 is 14.5 Å². The molecule has 108 valence electrons. The highest BCUT2D eigenvalue weighted by Gasteiger charge is 2.08. The molecule has 1 N–H and O–H groups in total. The van der Waals surface area contributed by atoms with E-state index in [9.17, 15) is 4.79 Å². The number of rotatable bonds is 6. The van der Waals surface area contributed by atoms with E-state index < -0.39 is 0 Å². The third-order valence-electron chi connectivity index (χ3n) is 3.06. The number of thiazole rings is 1. The summed E-state index contributed by atoms with van der Waals surface area (Å²) in [4.78, 5) is 16.3. The molecule has 0 aliphatic heterocycles. The van der Waals surface area contributed by atoms with Gasteiger partial charge in [0.2, 0.25) is 5.91 Å². The molecule has 0 aliphatic rings. The standard InChI is InChI=1S/C15H16N4OS/c20-14(16-5-10-18-6-1-2-7-18)11-13-12-21-15(17-13)19-8-3-4-9-19/h1-4,6-9,12H,5,10-11H2,(H,16,20). The fourth-order valence-electron chi connectivity index (χ4n) is 2.03. The Morgan fingerprint density at radius 2 is 1.86 bits per heavy atom. The van der Waals surface area contributed by atoms with Crippen LogP contribution in [0.2, 0.25) is 0 Å². The molecule has 0 fully saturated rings. The van der Waals surface area contributed by atoms with Gasteiger partial charge in [0.25, 0.3) is 0 Å². The predicted octanol–water partition coefficient (Wildman–Crippen LogP) is 2.09. The van der Waals surface area contributed by atoms with E-state index >= 15 is 0 Å². The molecule has 0 saturated heterocycles. The average molecular weight is 300 g/mol. The Hall–Kier alpha value is -2.34. The van der Waals surface area contributed by atoms with Crippen LogP contribution >= 0.6 is 11.3 Å². The Morgan fingerprint density at radius 1 is 1.14 bits per heavy atom. The molecule has 3 rings (SSSR count). The molecule has 5 nitrogen and oxygen atoms in total. The van der Waals surface area contributed by atoms with Gasteiger partial charge in [0.1, 0.15) is 0 Å². The van der Waals surface area contributed by atoms with Gasteiger partial charge in [0, 0.05) is 43.3 Å². The van der Waals surface area contributed by atoms with Crippen molar-refractivity contribution in [3.05, 3.63) is 60.1 Å². The van der Waals surface area contributed by atoms with Gasteiger partial charge in [-0.25, -0.2) is 4.98 Å². The van der Waals surface area contributed by atoms with Gasteiger partial charge >= 0.3 is 0 Å². The number of amides is 1. The summed E-state index contributed by atoms with van der Waals surface area (Å²) in [7, 11) is 0. The minimum atomic E-state index is 0.00603. The first-order valence-corrected chi connectivity index (χ1v) is 7.64. The Bertz CT molecular complexity index is 685. The van der Waals surface area contributed by atoms with Crippen molar-refractivity contribution in [3.8, 4) is 5.13 Å². The van der Waals surface area contributed by atoms with Crippen LogP contribution in [0.3, 0.4) is 0 Å². The molecule has 1 amide bonds. The second-order valence-electron chi connectivity index (χ2n) is 4.66. The van der Waals surface area contributed by atoms with Gasteiger partial charge in [-0.15, -0.1) is 11.3 Å². The summed E-state index contributed by atoms with van der Waals surface area (Å²) < 4.78 is 3.98. The van der Waals surface area contributed by atoms with E-state index in [1.165, 1.54) is 11.3 Å². The van der Waals surface area contributed by atoms with Gasteiger partial charge in [-0.3, -0.25) is 4.79 Å². The Labute approximate surface area is 126 Å². The van der Waals surface area contributed by atoms with Crippen molar-refractivity contribution in [3.63, 3.8) is 0 Å². The molecule has 21 heavy (non-hydrogen) atoms. The van der Waals surface area contributed by atoms with Gasteiger partial charge in [-0.2, -0.15) is 0 Å². The minimum absolute atomic E-state index is 0.00603. The van der Waals surface area contributed by atoms with E-state index in [2.05, 4.69) is 10.3 Å². The summed E-state index contributed by atoms with van der Waals surface area (Å²) in [5.41, 5.74) is 0.808. The molecule has 6 heteroatoms. The Balaban J connectivity index is 1.48. The van der Waals surface area contributed by atoms with E-state index in [0.717, 1.165) is 17.4 Å². The SMILES string of the molecule is O=C(Cc1csc(-n2cccc2)n1)NCCn1cccc1. The second kappa shape index (κ2) is 6.41. The molecule has 0 atom stereocenters. The first kappa shape index (κ1) is 13.6. The molecule has 3 aromatic rings. The predicted molar refractivity (Wildman–Crippen MR) is 82.6 cm³/mol. The number of aromatic nitrogens is 3. The molecule has 3 aromatic heterocycles. The van der Waals surface area contributed by atoms with Gasteiger partial charge in [0.15, 0.2) is 5.13 Å². The maximum Gasteiger partial charge on any atom is 0.226 e.